The lowest BCUT2D eigenvalue weighted by Gasteiger charge is -2.27. The molecule has 0 aromatic heterocycles. The second kappa shape index (κ2) is 6.13. The van der Waals surface area contributed by atoms with Gasteiger partial charge in [-0.1, -0.05) is 0 Å². The lowest BCUT2D eigenvalue weighted by molar-refractivity contribution is 0.0696. The van der Waals surface area contributed by atoms with E-state index in [9.17, 15) is 9.59 Å². The number of likely N-dealkylation sites (N-methyl/N-ethyl adjacent to an activating group) is 1. The highest BCUT2D eigenvalue weighted by molar-refractivity contribution is 5.92. The number of nitrogens with zero attached hydrogens (tertiary/aromatic N) is 1. The Hall–Kier alpha value is -2.08. The first-order chi connectivity index (χ1) is 9.90. The smallest absolute Gasteiger partial charge is 0.335 e. The van der Waals surface area contributed by atoms with Crippen molar-refractivity contribution in [2.45, 2.75) is 32.4 Å². The third-order valence-corrected chi connectivity index (χ3v) is 3.87. The van der Waals surface area contributed by atoms with Gasteiger partial charge in [-0.2, -0.15) is 0 Å². The van der Waals surface area contributed by atoms with Gasteiger partial charge in [0.1, 0.15) is 0 Å². The summed E-state index contributed by atoms with van der Waals surface area (Å²) in [5, 5.41) is 11.7. The minimum Gasteiger partial charge on any atom is -0.478 e. The monoisotopic (exact) mass is 292 g/mol. The van der Waals surface area contributed by atoms with E-state index in [2.05, 4.69) is 5.32 Å². The second-order valence-corrected chi connectivity index (χ2v) is 5.31. The lowest BCUT2D eigenvalue weighted by Crippen LogP contribution is -2.43. The van der Waals surface area contributed by atoms with Crippen LogP contribution in [0.25, 0.3) is 0 Å². The molecule has 0 bridgehead atoms. The third kappa shape index (κ3) is 3.33. The van der Waals surface area contributed by atoms with Gasteiger partial charge in [0.25, 0.3) is 0 Å². The molecule has 6 nitrogen and oxygen atoms in total. The Kier molecular flexibility index (Phi) is 4.47. The molecule has 1 fully saturated rings. The molecule has 1 aliphatic heterocycles. The minimum atomic E-state index is -0.981. The van der Waals surface area contributed by atoms with Crippen LogP contribution in [0, 0.1) is 6.92 Å². The Balaban J connectivity index is 2.07. The Labute approximate surface area is 123 Å². The van der Waals surface area contributed by atoms with Crippen molar-refractivity contribution < 1.29 is 19.4 Å². The third-order valence-electron chi connectivity index (χ3n) is 3.87. The number of hydrogen-bond donors (Lipinski definition) is 2. The first-order valence-corrected chi connectivity index (χ1v) is 6.89. The number of amides is 2. The number of carbonyl (C=O) groups excluding carboxylic acids is 1. The van der Waals surface area contributed by atoms with Gasteiger partial charge in [-0.25, -0.2) is 9.59 Å². The number of anilines is 1. The largest absolute Gasteiger partial charge is 0.478 e. The molecule has 1 saturated heterocycles. The summed E-state index contributed by atoms with van der Waals surface area (Å²) in [5.41, 5.74) is 1.53. The van der Waals surface area contributed by atoms with E-state index in [1.54, 1.807) is 31.0 Å². The Morgan fingerprint density at radius 2 is 2.14 bits per heavy atom. The van der Waals surface area contributed by atoms with Crippen LogP contribution in [-0.2, 0) is 4.74 Å². The van der Waals surface area contributed by atoms with Crippen molar-refractivity contribution in [1.29, 1.82) is 0 Å². The van der Waals surface area contributed by atoms with E-state index in [1.807, 2.05) is 6.92 Å². The summed E-state index contributed by atoms with van der Waals surface area (Å²) in [6, 6.07) is 4.47. The summed E-state index contributed by atoms with van der Waals surface area (Å²) < 4.78 is 5.47. The predicted octanol–water partition coefficient (Wildman–Crippen LogP) is 2.33. The van der Waals surface area contributed by atoms with Crippen LogP contribution >= 0.6 is 0 Å². The number of carboxylic acid groups (broad SMARTS) is 1. The fourth-order valence-electron chi connectivity index (χ4n) is 2.52. The summed E-state index contributed by atoms with van der Waals surface area (Å²) in [6.07, 6.45) is 0.846. The van der Waals surface area contributed by atoms with E-state index in [0.29, 0.717) is 17.9 Å². The van der Waals surface area contributed by atoms with Gasteiger partial charge in [-0.05, 0) is 44.0 Å². The molecule has 1 heterocycles. The van der Waals surface area contributed by atoms with Gasteiger partial charge < -0.3 is 20.1 Å². The van der Waals surface area contributed by atoms with Crippen LogP contribution in [0.4, 0.5) is 10.5 Å². The van der Waals surface area contributed by atoms with Gasteiger partial charge in [0.2, 0.25) is 0 Å². The van der Waals surface area contributed by atoms with E-state index < -0.39 is 5.97 Å². The van der Waals surface area contributed by atoms with Crippen LogP contribution in [0.5, 0.6) is 0 Å². The van der Waals surface area contributed by atoms with Crippen molar-refractivity contribution in [3.05, 3.63) is 29.3 Å². The number of aryl methyl sites for hydroxylation is 1. The zero-order chi connectivity index (χ0) is 15.6. The number of rotatable bonds is 3. The van der Waals surface area contributed by atoms with Crippen molar-refractivity contribution in [2.24, 2.45) is 0 Å². The van der Waals surface area contributed by atoms with Crippen LogP contribution in [0.15, 0.2) is 18.2 Å². The van der Waals surface area contributed by atoms with Crippen LogP contribution in [0.1, 0.15) is 29.3 Å². The van der Waals surface area contributed by atoms with Gasteiger partial charge in [-0.3, -0.25) is 0 Å². The molecule has 1 aromatic rings. The Morgan fingerprint density at radius 1 is 1.43 bits per heavy atom. The molecule has 1 aliphatic rings. The van der Waals surface area contributed by atoms with Crippen molar-refractivity contribution in [2.75, 3.05) is 19.0 Å². The maximum Gasteiger partial charge on any atom is 0.335 e. The highest BCUT2D eigenvalue weighted by Crippen LogP contribution is 2.21. The number of carbonyl (C=O) groups is 2. The molecule has 0 aliphatic carbocycles. The van der Waals surface area contributed by atoms with Gasteiger partial charge >= 0.3 is 12.0 Å². The molecule has 0 saturated carbocycles. The molecule has 6 heteroatoms. The number of urea groups is 1. The van der Waals surface area contributed by atoms with Gasteiger partial charge in [-0.15, -0.1) is 0 Å². The molecule has 1 aromatic carbocycles. The highest BCUT2D eigenvalue weighted by Gasteiger charge is 2.30. The average molecular weight is 292 g/mol. The van der Waals surface area contributed by atoms with Crippen molar-refractivity contribution >= 4 is 17.7 Å². The normalized spacial score (nSPS) is 21.1. The summed E-state index contributed by atoms with van der Waals surface area (Å²) >= 11 is 0. The van der Waals surface area contributed by atoms with E-state index in [-0.39, 0.29) is 23.7 Å². The van der Waals surface area contributed by atoms with E-state index in [4.69, 9.17) is 9.84 Å². The van der Waals surface area contributed by atoms with E-state index in [1.165, 1.54) is 6.07 Å². The van der Waals surface area contributed by atoms with Crippen LogP contribution < -0.4 is 5.32 Å². The summed E-state index contributed by atoms with van der Waals surface area (Å²) in [6.45, 7) is 4.38. The lowest BCUT2D eigenvalue weighted by atomic mass is 10.1. The summed E-state index contributed by atoms with van der Waals surface area (Å²) in [7, 11) is 1.74. The molecule has 2 amide bonds. The Bertz CT molecular complexity index is 559. The fourth-order valence-corrected chi connectivity index (χ4v) is 2.52. The molecular formula is C15H20N2O4. The SMILES string of the molecule is Cc1cc(C(=O)O)ccc1NC(=O)N(C)C1CCOC1C. The fraction of sp³-hybridized carbons (Fsp3) is 0.467. The van der Waals surface area contributed by atoms with Crippen molar-refractivity contribution in [3.8, 4) is 0 Å². The average Bonchev–Trinajstić information content (AvgIpc) is 2.86. The number of nitrogens with one attached hydrogen (secondary N) is 1. The Morgan fingerprint density at radius 3 is 2.67 bits per heavy atom. The van der Waals surface area contributed by atoms with Gasteiger partial charge in [0.05, 0.1) is 17.7 Å². The first-order valence-electron chi connectivity index (χ1n) is 6.89. The van der Waals surface area contributed by atoms with Crippen LogP contribution in [0.3, 0.4) is 0 Å². The molecule has 114 valence electrons. The molecule has 0 radical (unpaired) electrons. The number of hydrogen-bond acceptors (Lipinski definition) is 3. The van der Waals surface area contributed by atoms with Crippen molar-refractivity contribution in [1.82, 2.24) is 4.90 Å². The standard InChI is InChI=1S/C15H20N2O4/c1-9-8-11(14(18)19)4-5-12(9)16-15(20)17(3)13-6-7-21-10(13)2/h4-5,8,10,13H,6-7H2,1-3H3,(H,16,20)(H,18,19). The molecular weight excluding hydrogens is 272 g/mol. The molecule has 2 unspecified atom stereocenters. The van der Waals surface area contributed by atoms with E-state index in [0.717, 1.165) is 6.42 Å². The van der Waals surface area contributed by atoms with Gasteiger partial charge in [0, 0.05) is 19.3 Å². The molecule has 21 heavy (non-hydrogen) atoms. The zero-order valence-electron chi connectivity index (χ0n) is 12.4. The second-order valence-electron chi connectivity index (χ2n) is 5.31. The highest BCUT2D eigenvalue weighted by atomic mass is 16.5. The van der Waals surface area contributed by atoms with Gasteiger partial charge in [0.15, 0.2) is 0 Å². The minimum absolute atomic E-state index is 0.0243. The predicted molar refractivity (Wildman–Crippen MR) is 78.7 cm³/mol. The number of ether oxygens (including phenoxy) is 1. The zero-order valence-corrected chi connectivity index (χ0v) is 12.4. The van der Waals surface area contributed by atoms with Crippen molar-refractivity contribution in [3.63, 3.8) is 0 Å². The maximum atomic E-state index is 12.3. The molecule has 2 atom stereocenters. The van der Waals surface area contributed by atoms with E-state index >= 15 is 0 Å². The number of benzene rings is 1. The first kappa shape index (κ1) is 15.3. The number of carboxylic acids is 1. The molecule has 2 N–H and O–H groups in total. The van der Waals surface area contributed by atoms with Crippen LogP contribution in [-0.4, -0.2) is 47.8 Å². The summed E-state index contributed by atoms with van der Waals surface area (Å²) in [5.74, 6) is -0.981. The topological polar surface area (TPSA) is 78.9 Å². The summed E-state index contributed by atoms with van der Waals surface area (Å²) in [4.78, 5) is 24.8. The number of aromatic carboxylic acids is 1. The van der Waals surface area contributed by atoms with Crippen LogP contribution in [0.2, 0.25) is 0 Å². The quantitative estimate of drug-likeness (QED) is 0.896. The maximum absolute atomic E-state index is 12.3. The molecule has 0 spiro atoms. The molecule has 2 rings (SSSR count).